The van der Waals surface area contributed by atoms with Crippen molar-refractivity contribution >= 4 is 0 Å². The molecule has 3 aliphatic rings. The monoisotopic (exact) mass is 251 g/mol. The number of fused-ring (bicyclic) bond motifs is 2. The molecule has 2 bridgehead atoms. The van der Waals surface area contributed by atoms with Gasteiger partial charge in [0.15, 0.2) is 0 Å². The van der Waals surface area contributed by atoms with Gasteiger partial charge in [-0.25, -0.2) is 0 Å². The molecule has 0 aliphatic heterocycles. The number of hydrogen-bond donors (Lipinski definition) is 1. The van der Waals surface area contributed by atoms with Crippen LogP contribution >= 0.6 is 0 Å². The van der Waals surface area contributed by atoms with E-state index in [0.29, 0.717) is 6.10 Å². The van der Waals surface area contributed by atoms with Crippen LogP contribution in [0.25, 0.3) is 0 Å². The number of rotatable bonds is 4. The number of ether oxygens (including phenoxy) is 1. The van der Waals surface area contributed by atoms with Crippen LogP contribution in [-0.2, 0) is 4.74 Å². The normalized spacial score (nSPS) is 45.3. The Kier molecular flexibility index (Phi) is 3.95. The second-order valence-electron chi connectivity index (χ2n) is 7.00. The van der Waals surface area contributed by atoms with Crippen molar-refractivity contribution in [3.63, 3.8) is 0 Å². The van der Waals surface area contributed by atoms with E-state index in [9.17, 15) is 0 Å². The van der Waals surface area contributed by atoms with Crippen molar-refractivity contribution in [3.05, 3.63) is 0 Å². The zero-order chi connectivity index (χ0) is 12.5. The largest absolute Gasteiger partial charge is 0.381 e. The van der Waals surface area contributed by atoms with E-state index in [-0.39, 0.29) is 0 Å². The third kappa shape index (κ3) is 2.60. The topological polar surface area (TPSA) is 21.3 Å². The number of methoxy groups -OCH3 is 1. The summed E-state index contributed by atoms with van der Waals surface area (Å²) in [6, 6.07) is 1.50. The van der Waals surface area contributed by atoms with Crippen molar-refractivity contribution in [1.29, 1.82) is 0 Å². The minimum atomic E-state index is 0.529. The van der Waals surface area contributed by atoms with Crippen molar-refractivity contribution in [1.82, 2.24) is 5.32 Å². The molecule has 0 aromatic carbocycles. The molecule has 3 aliphatic carbocycles. The van der Waals surface area contributed by atoms with Crippen molar-refractivity contribution in [3.8, 4) is 0 Å². The molecule has 0 aromatic rings. The highest BCUT2D eigenvalue weighted by atomic mass is 16.5. The smallest absolute Gasteiger partial charge is 0.0572 e. The summed E-state index contributed by atoms with van der Waals surface area (Å²) in [4.78, 5) is 0. The molecule has 2 nitrogen and oxygen atoms in total. The van der Waals surface area contributed by atoms with E-state index < -0.39 is 0 Å². The standard InChI is InChI=1S/C16H29NO/c1-11(16-10-12-3-4-13(16)9-12)17-14-5-7-15(18-2)8-6-14/h11-17H,3-10H2,1-2H3. The second kappa shape index (κ2) is 5.50. The summed E-state index contributed by atoms with van der Waals surface area (Å²) in [6.07, 6.45) is 11.7. The van der Waals surface area contributed by atoms with Gasteiger partial charge in [0.1, 0.15) is 0 Å². The maximum Gasteiger partial charge on any atom is 0.0572 e. The summed E-state index contributed by atoms with van der Waals surface area (Å²) >= 11 is 0. The molecule has 2 heteroatoms. The fourth-order valence-corrected chi connectivity index (χ4v) is 4.87. The van der Waals surface area contributed by atoms with E-state index >= 15 is 0 Å². The highest BCUT2D eigenvalue weighted by molar-refractivity contribution is 4.95. The molecule has 3 saturated carbocycles. The Morgan fingerprint density at radius 3 is 2.33 bits per heavy atom. The van der Waals surface area contributed by atoms with Crippen LogP contribution < -0.4 is 5.32 Å². The summed E-state index contributed by atoms with van der Waals surface area (Å²) in [6.45, 7) is 2.44. The Balaban J connectivity index is 1.45. The molecule has 0 spiro atoms. The van der Waals surface area contributed by atoms with Crippen LogP contribution in [0.15, 0.2) is 0 Å². The molecule has 0 radical (unpaired) electrons. The molecule has 1 N–H and O–H groups in total. The first-order chi connectivity index (χ1) is 8.76. The predicted octanol–water partition coefficient (Wildman–Crippen LogP) is 3.36. The zero-order valence-corrected chi connectivity index (χ0v) is 12.0. The lowest BCUT2D eigenvalue weighted by Crippen LogP contribution is -2.44. The molecule has 104 valence electrons. The third-order valence-electron chi connectivity index (χ3n) is 5.94. The first-order valence-electron chi connectivity index (χ1n) is 8.05. The highest BCUT2D eigenvalue weighted by Crippen LogP contribution is 2.49. The summed E-state index contributed by atoms with van der Waals surface area (Å²) in [7, 11) is 1.86. The Morgan fingerprint density at radius 1 is 1.00 bits per heavy atom. The van der Waals surface area contributed by atoms with E-state index in [4.69, 9.17) is 4.74 Å². The van der Waals surface area contributed by atoms with Crippen molar-refractivity contribution in [2.24, 2.45) is 17.8 Å². The predicted molar refractivity (Wildman–Crippen MR) is 74.6 cm³/mol. The van der Waals surface area contributed by atoms with E-state index in [1.54, 1.807) is 0 Å². The van der Waals surface area contributed by atoms with Gasteiger partial charge in [-0.15, -0.1) is 0 Å². The fraction of sp³-hybridized carbons (Fsp3) is 1.00. The van der Waals surface area contributed by atoms with Gasteiger partial charge in [-0.3, -0.25) is 0 Å². The lowest BCUT2D eigenvalue weighted by molar-refractivity contribution is 0.0594. The minimum absolute atomic E-state index is 0.529. The molecule has 18 heavy (non-hydrogen) atoms. The van der Waals surface area contributed by atoms with Gasteiger partial charge in [0.25, 0.3) is 0 Å². The first kappa shape index (κ1) is 12.9. The van der Waals surface area contributed by atoms with Gasteiger partial charge >= 0.3 is 0 Å². The van der Waals surface area contributed by atoms with Gasteiger partial charge in [-0.1, -0.05) is 6.42 Å². The van der Waals surface area contributed by atoms with Crippen LogP contribution in [0, 0.1) is 17.8 Å². The van der Waals surface area contributed by atoms with Crippen molar-refractivity contribution < 1.29 is 4.74 Å². The van der Waals surface area contributed by atoms with Gasteiger partial charge in [-0.05, 0) is 69.6 Å². The molecule has 0 amide bonds. The van der Waals surface area contributed by atoms with Gasteiger partial charge in [-0.2, -0.15) is 0 Å². The van der Waals surface area contributed by atoms with Crippen LogP contribution in [0.5, 0.6) is 0 Å². The average molecular weight is 251 g/mol. The lowest BCUT2D eigenvalue weighted by Gasteiger charge is -2.35. The quantitative estimate of drug-likeness (QED) is 0.827. The molecule has 0 aromatic heterocycles. The SMILES string of the molecule is COC1CCC(NC(C)C2CC3CCC2C3)CC1. The molecule has 4 atom stereocenters. The van der Waals surface area contributed by atoms with Crippen molar-refractivity contribution in [2.75, 3.05) is 7.11 Å². The second-order valence-corrected chi connectivity index (χ2v) is 7.00. The van der Waals surface area contributed by atoms with Gasteiger partial charge in [0.05, 0.1) is 6.10 Å². The van der Waals surface area contributed by atoms with Crippen LogP contribution in [0.1, 0.15) is 58.3 Å². The fourth-order valence-electron chi connectivity index (χ4n) is 4.87. The van der Waals surface area contributed by atoms with Gasteiger partial charge < -0.3 is 10.1 Å². The summed E-state index contributed by atoms with van der Waals surface area (Å²) < 4.78 is 5.46. The maximum absolute atomic E-state index is 5.46. The van der Waals surface area contributed by atoms with Crippen LogP contribution in [-0.4, -0.2) is 25.3 Å². The summed E-state index contributed by atoms with van der Waals surface area (Å²) in [5.41, 5.74) is 0. The molecule has 0 heterocycles. The Labute approximate surface area is 112 Å². The van der Waals surface area contributed by atoms with E-state index in [2.05, 4.69) is 12.2 Å². The van der Waals surface area contributed by atoms with E-state index in [1.165, 1.54) is 51.4 Å². The minimum Gasteiger partial charge on any atom is -0.381 e. The third-order valence-corrected chi connectivity index (χ3v) is 5.94. The van der Waals surface area contributed by atoms with Crippen LogP contribution in [0.3, 0.4) is 0 Å². The Morgan fingerprint density at radius 2 is 1.78 bits per heavy atom. The van der Waals surface area contributed by atoms with E-state index in [1.807, 2.05) is 7.11 Å². The molecule has 3 fully saturated rings. The number of nitrogens with one attached hydrogen (secondary N) is 1. The summed E-state index contributed by atoms with van der Waals surface area (Å²) in [5.74, 6) is 3.10. The lowest BCUT2D eigenvalue weighted by atomic mass is 9.83. The Bertz CT molecular complexity index is 272. The van der Waals surface area contributed by atoms with Crippen LogP contribution in [0.4, 0.5) is 0 Å². The van der Waals surface area contributed by atoms with Gasteiger partial charge in [0, 0.05) is 19.2 Å². The van der Waals surface area contributed by atoms with Crippen LogP contribution in [0.2, 0.25) is 0 Å². The zero-order valence-electron chi connectivity index (χ0n) is 12.0. The van der Waals surface area contributed by atoms with E-state index in [0.717, 1.165) is 29.8 Å². The number of hydrogen-bond acceptors (Lipinski definition) is 2. The molecule has 0 saturated heterocycles. The molecule has 4 unspecified atom stereocenters. The highest BCUT2D eigenvalue weighted by Gasteiger charge is 2.42. The first-order valence-corrected chi connectivity index (χ1v) is 8.05. The Hall–Kier alpha value is -0.0800. The molecular formula is C16H29NO. The molecular weight excluding hydrogens is 222 g/mol. The maximum atomic E-state index is 5.46. The summed E-state index contributed by atoms with van der Waals surface area (Å²) in [5, 5.41) is 3.93. The van der Waals surface area contributed by atoms with Gasteiger partial charge in [0.2, 0.25) is 0 Å². The van der Waals surface area contributed by atoms with Crippen molar-refractivity contribution in [2.45, 2.75) is 76.5 Å². The average Bonchev–Trinajstić information content (AvgIpc) is 3.02. The molecule has 3 rings (SSSR count).